The average Bonchev–Trinajstić information content (AvgIpc) is 2.52. The van der Waals surface area contributed by atoms with Crippen molar-refractivity contribution in [3.05, 3.63) is 46.3 Å². The van der Waals surface area contributed by atoms with E-state index in [9.17, 15) is 30.7 Å². The van der Waals surface area contributed by atoms with Crippen molar-refractivity contribution >= 4 is 18.6 Å². The van der Waals surface area contributed by atoms with Gasteiger partial charge in [-0.05, 0) is 5.31 Å². The van der Waals surface area contributed by atoms with Crippen LogP contribution in [-0.2, 0) is 5.31 Å². The van der Waals surface area contributed by atoms with Crippen LogP contribution in [0, 0.1) is 40.7 Å². The lowest BCUT2D eigenvalue weighted by molar-refractivity contribution is 0.407. The summed E-state index contributed by atoms with van der Waals surface area (Å²) in [5.74, 6) is -14.7. The maximum Gasteiger partial charge on any atom is 0.198 e. The van der Waals surface area contributed by atoms with Gasteiger partial charge in [-0.2, -0.15) is 0 Å². The van der Waals surface area contributed by atoms with Gasteiger partial charge in [-0.15, -0.1) is 0 Å². The minimum atomic E-state index is -2.35. The lowest BCUT2D eigenvalue weighted by atomic mass is 9.62. The van der Waals surface area contributed by atoms with Crippen molar-refractivity contribution in [2.24, 2.45) is 0 Å². The van der Waals surface area contributed by atoms with E-state index in [1.807, 2.05) is 0 Å². The Morgan fingerprint density at radius 3 is 1.58 bits per heavy atom. The zero-order valence-corrected chi connectivity index (χ0v) is 12.8. The van der Waals surface area contributed by atoms with E-state index in [2.05, 4.69) is 0 Å². The van der Waals surface area contributed by atoms with Crippen LogP contribution in [0.3, 0.4) is 0 Å². The van der Waals surface area contributed by atoms with Crippen LogP contribution in [0.4, 0.5) is 30.7 Å². The molecule has 0 amide bonds. The fourth-order valence-corrected chi connectivity index (χ4v) is 2.66. The molecule has 8 heteroatoms. The fourth-order valence-electron chi connectivity index (χ4n) is 2.66. The molecule has 0 aliphatic rings. The van der Waals surface area contributed by atoms with E-state index < -0.39 is 62.4 Å². The molecule has 0 saturated heterocycles. The Morgan fingerprint density at radius 1 is 0.708 bits per heavy atom. The Bertz CT molecular complexity index is 815. The standard InChI is InChI=1S/C16H12BF7/c1-3-4-5-16(2,17)8-9(18)6-7(10(19)13(8)22)12(21)15(24)14(23)11(6)20/h3-5H2,1-2H3. The van der Waals surface area contributed by atoms with Gasteiger partial charge in [0.25, 0.3) is 0 Å². The number of fused-ring (bicyclic) bond motifs is 1. The predicted molar refractivity (Wildman–Crippen MR) is 76.3 cm³/mol. The number of unbranched alkanes of at least 4 members (excludes halogenated alkanes) is 1. The molecule has 0 nitrogen and oxygen atoms in total. The van der Waals surface area contributed by atoms with Crippen LogP contribution in [0.1, 0.15) is 38.7 Å². The van der Waals surface area contributed by atoms with Gasteiger partial charge in [0.1, 0.15) is 5.82 Å². The van der Waals surface area contributed by atoms with Gasteiger partial charge in [-0.1, -0.05) is 33.1 Å². The molecule has 0 aliphatic carbocycles. The summed E-state index contributed by atoms with van der Waals surface area (Å²) in [4.78, 5) is 0. The average molecular weight is 348 g/mol. The van der Waals surface area contributed by atoms with E-state index in [0.29, 0.717) is 12.8 Å². The second kappa shape index (κ2) is 6.29. The molecule has 0 bridgehead atoms. The van der Waals surface area contributed by atoms with Crippen LogP contribution in [0.25, 0.3) is 10.8 Å². The predicted octanol–water partition coefficient (Wildman–Crippen LogP) is 5.39. The van der Waals surface area contributed by atoms with Crippen molar-refractivity contribution in [2.45, 2.75) is 38.4 Å². The summed E-state index contributed by atoms with van der Waals surface area (Å²) in [5.41, 5.74) is -1.04. The number of rotatable bonds is 4. The molecule has 2 radical (unpaired) electrons. The Labute approximate surface area is 135 Å². The Balaban J connectivity index is 2.97. The van der Waals surface area contributed by atoms with E-state index in [-0.39, 0.29) is 6.42 Å². The molecule has 2 aromatic rings. The van der Waals surface area contributed by atoms with Crippen LogP contribution < -0.4 is 0 Å². The van der Waals surface area contributed by atoms with Crippen molar-refractivity contribution in [3.8, 4) is 0 Å². The SMILES string of the molecule is [B]C(C)(CCCC)c1c(F)c(F)c2c(F)c(F)c(F)c(F)c2c1F. The zero-order chi connectivity index (χ0) is 18.4. The van der Waals surface area contributed by atoms with Gasteiger partial charge in [0, 0.05) is 5.56 Å². The summed E-state index contributed by atoms with van der Waals surface area (Å²) in [7, 11) is 5.81. The fraction of sp³-hybridized carbons (Fsp3) is 0.375. The zero-order valence-electron chi connectivity index (χ0n) is 12.8. The first-order chi connectivity index (χ1) is 11.1. The monoisotopic (exact) mass is 348 g/mol. The first kappa shape index (κ1) is 18.6. The van der Waals surface area contributed by atoms with Gasteiger partial charge in [-0.3, -0.25) is 0 Å². The summed E-state index contributed by atoms with van der Waals surface area (Å²) in [5, 5.41) is -4.89. The lowest BCUT2D eigenvalue weighted by Crippen LogP contribution is -2.26. The molecular formula is C16H12BF7. The number of halogens is 7. The summed E-state index contributed by atoms with van der Waals surface area (Å²) in [6, 6.07) is 0. The van der Waals surface area contributed by atoms with Gasteiger partial charge in [0.05, 0.1) is 18.6 Å². The van der Waals surface area contributed by atoms with Crippen molar-refractivity contribution in [1.82, 2.24) is 0 Å². The third kappa shape index (κ3) is 2.65. The Morgan fingerprint density at radius 2 is 1.12 bits per heavy atom. The van der Waals surface area contributed by atoms with Crippen LogP contribution in [0.15, 0.2) is 0 Å². The third-order valence-corrected chi connectivity index (χ3v) is 3.96. The number of hydrogen-bond donors (Lipinski definition) is 0. The minimum absolute atomic E-state index is 0.00998. The smallest absolute Gasteiger partial charge is 0.198 e. The lowest BCUT2D eigenvalue weighted by Gasteiger charge is -2.28. The van der Waals surface area contributed by atoms with Gasteiger partial charge in [0.15, 0.2) is 34.9 Å². The highest BCUT2D eigenvalue weighted by Gasteiger charge is 2.35. The number of hydrogen-bond acceptors (Lipinski definition) is 0. The molecule has 0 heterocycles. The molecule has 1 unspecified atom stereocenters. The van der Waals surface area contributed by atoms with Gasteiger partial charge >= 0.3 is 0 Å². The van der Waals surface area contributed by atoms with E-state index in [1.54, 1.807) is 6.92 Å². The van der Waals surface area contributed by atoms with E-state index in [1.165, 1.54) is 6.92 Å². The molecule has 0 fully saturated rings. The van der Waals surface area contributed by atoms with Gasteiger partial charge < -0.3 is 0 Å². The van der Waals surface area contributed by atoms with E-state index in [4.69, 9.17) is 7.85 Å². The highest BCUT2D eigenvalue weighted by molar-refractivity contribution is 6.16. The molecule has 0 spiro atoms. The molecule has 0 aromatic heterocycles. The van der Waals surface area contributed by atoms with E-state index in [0.717, 1.165) is 0 Å². The third-order valence-electron chi connectivity index (χ3n) is 3.96. The summed E-state index contributed by atoms with van der Waals surface area (Å²) in [6.45, 7) is 2.96. The van der Waals surface area contributed by atoms with Crippen LogP contribution in [-0.4, -0.2) is 7.85 Å². The molecule has 2 aromatic carbocycles. The second-order valence-electron chi connectivity index (χ2n) is 5.84. The molecule has 0 N–H and O–H groups in total. The summed E-state index contributed by atoms with van der Waals surface area (Å²) >= 11 is 0. The van der Waals surface area contributed by atoms with Crippen LogP contribution in [0.5, 0.6) is 0 Å². The van der Waals surface area contributed by atoms with Crippen molar-refractivity contribution < 1.29 is 30.7 Å². The molecular weight excluding hydrogens is 336 g/mol. The first-order valence-corrected chi connectivity index (χ1v) is 7.17. The molecule has 1 atom stereocenters. The minimum Gasteiger partial charge on any atom is -0.206 e. The maximum absolute atomic E-state index is 14.6. The van der Waals surface area contributed by atoms with Crippen molar-refractivity contribution in [1.29, 1.82) is 0 Å². The molecule has 128 valence electrons. The molecule has 0 aliphatic heterocycles. The normalized spacial score (nSPS) is 14.2. The quantitative estimate of drug-likeness (QED) is 0.301. The largest absolute Gasteiger partial charge is 0.206 e. The highest BCUT2D eigenvalue weighted by atomic mass is 19.2. The number of benzene rings is 2. The van der Waals surface area contributed by atoms with E-state index >= 15 is 0 Å². The van der Waals surface area contributed by atoms with Gasteiger partial charge in [0.2, 0.25) is 0 Å². The van der Waals surface area contributed by atoms with Crippen molar-refractivity contribution in [2.75, 3.05) is 0 Å². The van der Waals surface area contributed by atoms with Gasteiger partial charge in [-0.25, -0.2) is 30.7 Å². The maximum atomic E-state index is 14.6. The summed E-state index contributed by atoms with van der Waals surface area (Å²) in [6.07, 6.45) is 1.03. The van der Waals surface area contributed by atoms with Crippen molar-refractivity contribution in [3.63, 3.8) is 0 Å². The first-order valence-electron chi connectivity index (χ1n) is 7.17. The second-order valence-corrected chi connectivity index (χ2v) is 5.84. The Kier molecular flexibility index (Phi) is 4.88. The van der Waals surface area contributed by atoms with Crippen LogP contribution in [0.2, 0.25) is 0 Å². The highest BCUT2D eigenvalue weighted by Crippen LogP contribution is 2.39. The molecule has 24 heavy (non-hydrogen) atoms. The molecule has 0 saturated carbocycles. The Hall–Kier alpha value is -1.73. The summed E-state index contributed by atoms with van der Waals surface area (Å²) < 4.78 is 97.2. The molecule has 2 rings (SSSR count). The topological polar surface area (TPSA) is 0 Å². The van der Waals surface area contributed by atoms with Crippen LogP contribution >= 0.6 is 0 Å².